The molecule has 9 heteroatoms. The molecule has 0 radical (unpaired) electrons. The summed E-state index contributed by atoms with van der Waals surface area (Å²) in [4.78, 5) is 11.5. The smallest absolute Gasteiger partial charge is 0.417 e. The average molecular weight is 441 g/mol. The van der Waals surface area contributed by atoms with E-state index in [1.54, 1.807) is 0 Å². The second-order valence-corrected chi connectivity index (χ2v) is 9.17. The van der Waals surface area contributed by atoms with Crippen molar-refractivity contribution in [3.63, 3.8) is 0 Å². The predicted octanol–water partition coefficient (Wildman–Crippen LogP) is 4.16. The molecule has 0 aliphatic carbocycles. The molecule has 0 spiro atoms. The molecule has 2 aromatic carbocycles. The van der Waals surface area contributed by atoms with Gasteiger partial charge >= 0.3 is 12.1 Å². The number of hydrogen-bond acceptors (Lipinski definition) is 4. The first-order valence-corrected chi connectivity index (χ1v) is 10.9. The Morgan fingerprint density at radius 1 is 1.07 bits per heavy atom. The van der Waals surface area contributed by atoms with Crippen molar-refractivity contribution in [1.29, 1.82) is 0 Å². The molecule has 1 aliphatic heterocycles. The summed E-state index contributed by atoms with van der Waals surface area (Å²) in [5, 5.41) is 0. The highest BCUT2D eigenvalue weighted by molar-refractivity contribution is 7.89. The Balaban J connectivity index is 1.62. The van der Waals surface area contributed by atoms with Gasteiger partial charge < -0.3 is 4.74 Å². The van der Waals surface area contributed by atoms with E-state index in [9.17, 15) is 26.4 Å². The fourth-order valence-electron chi connectivity index (χ4n) is 3.35. The molecule has 3 rings (SSSR count). The van der Waals surface area contributed by atoms with Gasteiger partial charge in [-0.05, 0) is 37.5 Å². The number of piperidine rings is 1. The molecule has 2 aromatic rings. The quantitative estimate of drug-likeness (QED) is 0.654. The lowest BCUT2D eigenvalue weighted by atomic mass is 9.98. The van der Waals surface area contributed by atoms with Crippen molar-refractivity contribution in [1.82, 2.24) is 4.31 Å². The number of sulfonamides is 1. The summed E-state index contributed by atoms with van der Waals surface area (Å²) in [5.41, 5.74) is 0.744. The Morgan fingerprint density at radius 3 is 2.27 bits per heavy atom. The van der Waals surface area contributed by atoms with Crippen LogP contribution in [0.25, 0.3) is 0 Å². The van der Waals surface area contributed by atoms with Gasteiger partial charge in [0.25, 0.3) is 0 Å². The van der Waals surface area contributed by atoms with Crippen LogP contribution in [-0.4, -0.2) is 31.8 Å². The van der Waals surface area contributed by atoms with Crippen LogP contribution in [-0.2, 0) is 32.3 Å². The van der Waals surface area contributed by atoms with Gasteiger partial charge in [0.15, 0.2) is 0 Å². The van der Waals surface area contributed by atoms with E-state index in [2.05, 4.69) is 0 Å². The minimum absolute atomic E-state index is 0.0428. The largest absolute Gasteiger partial charge is 0.461 e. The standard InChI is InChI=1S/C21H22F3NO4S/c1-15-6-8-16(9-7-15)14-29-20(26)17-10-12-25(13-11-17)30(27,28)19-5-3-2-4-18(19)21(22,23)24/h2-9,17H,10-14H2,1H3. The zero-order chi connectivity index (χ0) is 21.9. The van der Waals surface area contributed by atoms with Gasteiger partial charge in [0, 0.05) is 13.1 Å². The number of rotatable bonds is 5. The summed E-state index contributed by atoms with van der Waals surface area (Å²) in [6, 6.07) is 11.7. The highest BCUT2D eigenvalue weighted by Crippen LogP contribution is 2.36. The molecule has 1 fully saturated rings. The number of carbonyl (C=O) groups excluding carboxylic acids is 1. The average Bonchev–Trinajstić information content (AvgIpc) is 2.72. The van der Waals surface area contributed by atoms with Crippen molar-refractivity contribution in [3.05, 3.63) is 65.2 Å². The number of alkyl halides is 3. The predicted molar refractivity (Wildman–Crippen MR) is 104 cm³/mol. The zero-order valence-electron chi connectivity index (χ0n) is 16.4. The number of hydrogen-bond donors (Lipinski definition) is 0. The first kappa shape index (κ1) is 22.3. The Kier molecular flexibility index (Phi) is 6.52. The minimum Gasteiger partial charge on any atom is -0.461 e. The molecule has 0 N–H and O–H groups in total. The maximum atomic E-state index is 13.2. The normalized spacial score (nSPS) is 16.4. The van der Waals surface area contributed by atoms with E-state index >= 15 is 0 Å². The van der Waals surface area contributed by atoms with Crippen LogP contribution >= 0.6 is 0 Å². The van der Waals surface area contributed by atoms with E-state index in [4.69, 9.17) is 4.74 Å². The van der Waals surface area contributed by atoms with Crippen LogP contribution in [0.3, 0.4) is 0 Å². The van der Waals surface area contributed by atoms with E-state index in [-0.39, 0.29) is 32.5 Å². The Hall–Kier alpha value is -2.39. The van der Waals surface area contributed by atoms with Crippen molar-refractivity contribution >= 4 is 16.0 Å². The molecule has 1 heterocycles. The van der Waals surface area contributed by atoms with E-state index in [0.29, 0.717) is 0 Å². The van der Waals surface area contributed by atoms with Gasteiger partial charge in [-0.1, -0.05) is 42.0 Å². The molecular formula is C21H22F3NO4S. The van der Waals surface area contributed by atoms with Crippen LogP contribution < -0.4 is 0 Å². The Bertz CT molecular complexity index is 996. The molecule has 5 nitrogen and oxygen atoms in total. The van der Waals surface area contributed by atoms with Crippen LogP contribution in [0.4, 0.5) is 13.2 Å². The molecular weight excluding hydrogens is 419 g/mol. The third-order valence-corrected chi connectivity index (χ3v) is 7.06. The van der Waals surface area contributed by atoms with Gasteiger partial charge in [0.2, 0.25) is 10.0 Å². The van der Waals surface area contributed by atoms with Gasteiger partial charge in [0.05, 0.1) is 16.4 Å². The summed E-state index contributed by atoms with van der Waals surface area (Å²) in [5.74, 6) is -0.914. The summed E-state index contributed by atoms with van der Waals surface area (Å²) < 4.78 is 71.5. The third kappa shape index (κ3) is 5.02. The first-order chi connectivity index (χ1) is 14.1. The molecule has 0 amide bonds. The Labute approximate surface area is 173 Å². The Morgan fingerprint density at radius 2 is 1.67 bits per heavy atom. The SMILES string of the molecule is Cc1ccc(COC(=O)C2CCN(S(=O)(=O)c3ccccc3C(F)(F)F)CC2)cc1. The molecule has 30 heavy (non-hydrogen) atoms. The van der Waals surface area contributed by atoms with E-state index < -0.39 is 38.5 Å². The minimum atomic E-state index is -4.78. The monoisotopic (exact) mass is 441 g/mol. The number of nitrogens with zero attached hydrogens (tertiary/aromatic N) is 1. The zero-order valence-corrected chi connectivity index (χ0v) is 17.2. The molecule has 1 saturated heterocycles. The first-order valence-electron chi connectivity index (χ1n) is 9.47. The topological polar surface area (TPSA) is 63.7 Å². The number of carbonyl (C=O) groups is 1. The van der Waals surface area contributed by atoms with Crippen LogP contribution in [0.15, 0.2) is 53.4 Å². The highest BCUT2D eigenvalue weighted by Gasteiger charge is 2.40. The number of halogens is 3. The van der Waals surface area contributed by atoms with Gasteiger partial charge in [-0.25, -0.2) is 8.42 Å². The van der Waals surface area contributed by atoms with Crippen LogP contribution in [0, 0.1) is 12.8 Å². The molecule has 0 bridgehead atoms. The lowest BCUT2D eigenvalue weighted by molar-refractivity contribution is -0.151. The molecule has 0 aromatic heterocycles. The van der Waals surface area contributed by atoms with Gasteiger partial charge in [-0.15, -0.1) is 0 Å². The molecule has 1 aliphatic rings. The van der Waals surface area contributed by atoms with E-state index in [1.807, 2.05) is 31.2 Å². The van der Waals surface area contributed by atoms with Crippen molar-refractivity contribution in [2.24, 2.45) is 5.92 Å². The number of esters is 1. The molecule has 0 saturated carbocycles. The number of ether oxygens (including phenoxy) is 1. The van der Waals surface area contributed by atoms with E-state index in [0.717, 1.165) is 33.6 Å². The van der Waals surface area contributed by atoms with E-state index in [1.165, 1.54) is 6.07 Å². The molecule has 0 atom stereocenters. The highest BCUT2D eigenvalue weighted by atomic mass is 32.2. The summed E-state index contributed by atoms with van der Waals surface area (Å²) in [6.45, 7) is 1.99. The molecule has 162 valence electrons. The van der Waals surface area contributed by atoms with Crippen molar-refractivity contribution < 1.29 is 31.1 Å². The fourth-order valence-corrected chi connectivity index (χ4v) is 5.04. The van der Waals surface area contributed by atoms with Crippen molar-refractivity contribution in [2.45, 2.75) is 37.4 Å². The third-order valence-electron chi connectivity index (χ3n) is 5.10. The number of benzene rings is 2. The van der Waals surface area contributed by atoms with Gasteiger partial charge in [0.1, 0.15) is 6.61 Å². The van der Waals surface area contributed by atoms with Crippen LogP contribution in [0.2, 0.25) is 0 Å². The van der Waals surface area contributed by atoms with Crippen molar-refractivity contribution in [3.8, 4) is 0 Å². The fraction of sp³-hybridized carbons (Fsp3) is 0.381. The van der Waals surface area contributed by atoms with Crippen LogP contribution in [0.1, 0.15) is 29.5 Å². The summed E-state index contributed by atoms with van der Waals surface area (Å²) in [7, 11) is -4.32. The number of aryl methyl sites for hydroxylation is 1. The lowest BCUT2D eigenvalue weighted by Gasteiger charge is -2.30. The maximum absolute atomic E-state index is 13.2. The second-order valence-electron chi connectivity index (χ2n) is 7.27. The van der Waals surface area contributed by atoms with Crippen LogP contribution in [0.5, 0.6) is 0 Å². The van der Waals surface area contributed by atoms with Gasteiger partial charge in [-0.2, -0.15) is 17.5 Å². The van der Waals surface area contributed by atoms with Crippen molar-refractivity contribution in [2.75, 3.05) is 13.1 Å². The molecule has 0 unspecified atom stereocenters. The lowest BCUT2D eigenvalue weighted by Crippen LogP contribution is -2.41. The summed E-state index contributed by atoms with van der Waals surface area (Å²) in [6.07, 6.45) is -4.39. The summed E-state index contributed by atoms with van der Waals surface area (Å²) >= 11 is 0. The second kappa shape index (κ2) is 8.77. The maximum Gasteiger partial charge on any atom is 0.417 e. The van der Waals surface area contributed by atoms with Gasteiger partial charge in [-0.3, -0.25) is 4.79 Å².